The zero-order valence-corrected chi connectivity index (χ0v) is 13.4. The number of hydrogen-bond donors (Lipinski definition) is 1. The molecule has 0 saturated carbocycles. The molecular formula is C16H23NO3S. The second kappa shape index (κ2) is 8.29. The van der Waals surface area contributed by atoms with Crippen LogP contribution in [0.25, 0.3) is 0 Å². The number of hydrogen-bond acceptors (Lipinski definition) is 5. The highest BCUT2D eigenvalue weighted by Crippen LogP contribution is 2.37. The van der Waals surface area contributed by atoms with Crippen molar-refractivity contribution < 1.29 is 14.3 Å². The van der Waals surface area contributed by atoms with Gasteiger partial charge in [-0.15, -0.1) is 0 Å². The van der Waals surface area contributed by atoms with Crippen molar-refractivity contribution in [1.82, 2.24) is 5.32 Å². The Morgan fingerprint density at radius 3 is 3.05 bits per heavy atom. The van der Waals surface area contributed by atoms with Crippen LogP contribution in [0.2, 0.25) is 0 Å². The van der Waals surface area contributed by atoms with Crippen molar-refractivity contribution in [2.24, 2.45) is 0 Å². The van der Waals surface area contributed by atoms with E-state index in [0.29, 0.717) is 18.3 Å². The van der Waals surface area contributed by atoms with Crippen LogP contribution < -0.4 is 10.1 Å². The van der Waals surface area contributed by atoms with Crippen LogP contribution in [-0.2, 0) is 9.53 Å². The van der Waals surface area contributed by atoms with E-state index in [1.807, 2.05) is 18.2 Å². The van der Waals surface area contributed by atoms with Crippen molar-refractivity contribution in [1.29, 1.82) is 0 Å². The van der Waals surface area contributed by atoms with Gasteiger partial charge in [-0.1, -0.05) is 25.1 Å². The second-order valence-electron chi connectivity index (χ2n) is 5.02. The standard InChI is InChI=1S/C16H23NO3S/c1-3-9-17-16-12-6-4-5-7-13(12)20-11-14(16)21-10-8-15(18)19-2/h4-7,14,16-17H,3,8-11H2,1-2H3. The Balaban J connectivity index is 2.01. The summed E-state index contributed by atoms with van der Waals surface area (Å²) in [6.07, 6.45) is 1.54. The third-order valence-electron chi connectivity index (χ3n) is 3.51. The van der Waals surface area contributed by atoms with Crippen molar-refractivity contribution in [3.63, 3.8) is 0 Å². The first-order valence-corrected chi connectivity index (χ1v) is 8.44. The number of rotatable bonds is 7. The lowest BCUT2D eigenvalue weighted by molar-refractivity contribution is -0.140. The van der Waals surface area contributed by atoms with Crippen molar-refractivity contribution >= 4 is 17.7 Å². The van der Waals surface area contributed by atoms with Gasteiger partial charge < -0.3 is 14.8 Å². The maximum Gasteiger partial charge on any atom is 0.306 e. The highest BCUT2D eigenvalue weighted by Gasteiger charge is 2.30. The molecule has 1 heterocycles. The van der Waals surface area contributed by atoms with E-state index in [0.717, 1.165) is 24.5 Å². The van der Waals surface area contributed by atoms with Crippen molar-refractivity contribution in [3.8, 4) is 5.75 Å². The number of esters is 1. The smallest absolute Gasteiger partial charge is 0.306 e. The number of carbonyl (C=O) groups is 1. The van der Waals surface area contributed by atoms with Crippen LogP contribution in [-0.4, -0.2) is 37.2 Å². The van der Waals surface area contributed by atoms with E-state index in [-0.39, 0.29) is 12.0 Å². The van der Waals surface area contributed by atoms with Gasteiger partial charge >= 0.3 is 5.97 Å². The number of ether oxygens (including phenoxy) is 2. The molecule has 0 aromatic heterocycles. The largest absolute Gasteiger partial charge is 0.492 e. The van der Waals surface area contributed by atoms with Gasteiger partial charge in [-0.25, -0.2) is 0 Å². The molecule has 0 radical (unpaired) electrons. The van der Waals surface area contributed by atoms with Gasteiger partial charge in [-0.05, 0) is 19.0 Å². The summed E-state index contributed by atoms with van der Waals surface area (Å²) >= 11 is 1.77. The number of carbonyl (C=O) groups excluding carboxylic acids is 1. The monoisotopic (exact) mass is 309 g/mol. The number of para-hydroxylation sites is 1. The number of thioether (sulfide) groups is 1. The Kier molecular flexibility index (Phi) is 6.39. The second-order valence-corrected chi connectivity index (χ2v) is 6.36. The van der Waals surface area contributed by atoms with Gasteiger partial charge in [0.2, 0.25) is 0 Å². The first-order chi connectivity index (χ1) is 10.3. The summed E-state index contributed by atoms with van der Waals surface area (Å²) in [5.74, 6) is 1.57. The molecule has 2 unspecified atom stereocenters. The van der Waals surface area contributed by atoms with E-state index in [1.165, 1.54) is 12.7 Å². The fourth-order valence-electron chi connectivity index (χ4n) is 2.42. The van der Waals surface area contributed by atoms with E-state index in [2.05, 4.69) is 23.0 Å². The summed E-state index contributed by atoms with van der Waals surface area (Å²) in [5, 5.41) is 3.93. The molecule has 0 saturated heterocycles. The summed E-state index contributed by atoms with van der Waals surface area (Å²) in [7, 11) is 1.43. The van der Waals surface area contributed by atoms with Gasteiger partial charge in [0, 0.05) is 11.3 Å². The molecule has 0 spiro atoms. The predicted molar refractivity (Wildman–Crippen MR) is 85.9 cm³/mol. The Morgan fingerprint density at radius 1 is 1.48 bits per heavy atom. The highest BCUT2D eigenvalue weighted by molar-refractivity contribution is 8.00. The molecular weight excluding hydrogens is 286 g/mol. The first-order valence-electron chi connectivity index (χ1n) is 7.39. The fraction of sp³-hybridized carbons (Fsp3) is 0.562. The number of fused-ring (bicyclic) bond motifs is 1. The maximum absolute atomic E-state index is 11.2. The fourth-order valence-corrected chi connectivity index (χ4v) is 3.61. The van der Waals surface area contributed by atoms with Crippen LogP contribution in [0.5, 0.6) is 5.75 Å². The summed E-state index contributed by atoms with van der Waals surface area (Å²) in [4.78, 5) is 11.2. The number of nitrogens with one attached hydrogen (secondary N) is 1. The van der Waals surface area contributed by atoms with Crippen LogP contribution in [0.15, 0.2) is 24.3 Å². The summed E-state index contributed by atoms with van der Waals surface area (Å²) in [6.45, 7) is 3.81. The molecule has 21 heavy (non-hydrogen) atoms. The lowest BCUT2D eigenvalue weighted by Crippen LogP contribution is -2.38. The zero-order chi connectivity index (χ0) is 15.1. The highest BCUT2D eigenvalue weighted by atomic mass is 32.2. The normalized spacial score (nSPS) is 20.5. The average Bonchev–Trinajstić information content (AvgIpc) is 2.53. The molecule has 1 N–H and O–H groups in total. The third kappa shape index (κ3) is 4.38. The Hall–Kier alpha value is -1.20. The molecule has 4 nitrogen and oxygen atoms in total. The van der Waals surface area contributed by atoms with Crippen LogP contribution in [0.3, 0.4) is 0 Å². The van der Waals surface area contributed by atoms with Crippen molar-refractivity contribution in [2.45, 2.75) is 31.1 Å². The van der Waals surface area contributed by atoms with Gasteiger partial charge in [-0.3, -0.25) is 4.79 Å². The summed E-state index contributed by atoms with van der Waals surface area (Å²) in [5.41, 5.74) is 1.22. The van der Waals surface area contributed by atoms with E-state index < -0.39 is 0 Å². The SMILES string of the molecule is CCCNC1c2ccccc2OCC1SCCC(=O)OC. The topological polar surface area (TPSA) is 47.6 Å². The van der Waals surface area contributed by atoms with E-state index in [9.17, 15) is 4.79 Å². The van der Waals surface area contributed by atoms with Crippen LogP contribution >= 0.6 is 11.8 Å². The van der Waals surface area contributed by atoms with Crippen LogP contribution in [0.4, 0.5) is 0 Å². The maximum atomic E-state index is 11.2. The van der Waals surface area contributed by atoms with Crippen molar-refractivity contribution in [2.75, 3.05) is 26.0 Å². The molecule has 1 aromatic carbocycles. The molecule has 2 rings (SSSR count). The first kappa shape index (κ1) is 16.2. The minimum Gasteiger partial charge on any atom is -0.492 e. The molecule has 0 bridgehead atoms. The van der Waals surface area contributed by atoms with Crippen molar-refractivity contribution in [3.05, 3.63) is 29.8 Å². The molecule has 1 aromatic rings. The summed E-state index contributed by atoms with van der Waals surface area (Å²) in [6, 6.07) is 8.46. The van der Waals surface area contributed by atoms with Crippen LogP contribution in [0.1, 0.15) is 31.4 Å². The lowest BCUT2D eigenvalue weighted by Gasteiger charge is -2.34. The molecule has 2 atom stereocenters. The van der Waals surface area contributed by atoms with E-state index in [1.54, 1.807) is 11.8 Å². The molecule has 5 heteroatoms. The van der Waals surface area contributed by atoms with Gasteiger partial charge in [0.1, 0.15) is 12.4 Å². The molecule has 116 valence electrons. The predicted octanol–water partition coefficient (Wildman–Crippen LogP) is 2.78. The minimum atomic E-state index is -0.155. The van der Waals surface area contributed by atoms with E-state index in [4.69, 9.17) is 4.74 Å². The number of benzene rings is 1. The molecule has 0 amide bonds. The summed E-state index contributed by atoms with van der Waals surface area (Å²) < 4.78 is 10.5. The van der Waals surface area contributed by atoms with E-state index >= 15 is 0 Å². The zero-order valence-electron chi connectivity index (χ0n) is 12.6. The van der Waals surface area contributed by atoms with Gasteiger partial charge in [0.25, 0.3) is 0 Å². The molecule has 1 aliphatic rings. The molecule has 0 fully saturated rings. The Morgan fingerprint density at radius 2 is 2.29 bits per heavy atom. The quantitative estimate of drug-likeness (QED) is 0.785. The minimum absolute atomic E-state index is 0.155. The van der Waals surface area contributed by atoms with Gasteiger partial charge in [0.15, 0.2) is 0 Å². The third-order valence-corrected chi connectivity index (χ3v) is 4.79. The average molecular weight is 309 g/mol. The number of methoxy groups -OCH3 is 1. The molecule has 1 aliphatic heterocycles. The van der Waals surface area contributed by atoms with Gasteiger partial charge in [0.05, 0.1) is 24.8 Å². The van der Waals surface area contributed by atoms with Crippen LogP contribution in [0, 0.1) is 0 Å². The molecule has 0 aliphatic carbocycles. The Bertz CT molecular complexity index is 467. The lowest BCUT2D eigenvalue weighted by atomic mass is 10.00. The van der Waals surface area contributed by atoms with Gasteiger partial charge in [-0.2, -0.15) is 11.8 Å². The Labute approximate surface area is 130 Å².